The van der Waals surface area contributed by atoms with Gasteiger partial charge in [-0.05, 0) is 41.3 Å². The molecular weight excluding hydrogens is 216 g/mol. The fourth-order valence-electron chi connectivity index (χ4n) is 1.85. The van der Waals surface area contributed by atoms with Gasteiger partial charge < -0.3 is 0 Å². The number of hydrogen-bond donors (Lipinski definition) is 0. The second-order valence-electron chi connectivity index (χ2n) is 4.35. The third-order valence-electron chi connectivity index (χ3n) is 2.80. The lowest BCUT2D eigenvalue weighted by atomic mass is 9.98. The molecule has 0 atom stereocenters. The number of fused-ring (bicyclic) bond motifs is 1. The lowest BCUT2D eigenvalue weighted by Crippen LogP contribution is -1.87. The molecule has 2 aromatic carbocycles. The second-order valence-corrected chi connectivity index (χ2v) is 4.35. The third-order valence-corrected chi connectivity index (χ3v) is 2.80. The molecule has 94 valence electrons. The molecule has 0 saturated carbocycles. The van der Waals surface area contributed by atoms with E-state index in [2.05, 4.69) is 62.1 Å². The molecule has 0 nitrogen and oxygen atoms in total. The van der Waals surface area contributed by atoms with Crippen LogP contribution in [0.2, 0.25) is 0 Å². The molecule has 18 heavy (non-hydrogen) atoms. The number of benzene rings is 2. The monoisotopic (exact) mass is 238 g/mol. The molecular formula is C18H22. The van der Waals surface area contributed by atoms with Crippen LogP contribution in [0.1, 0.15) is 51.7 Å². The maximum absolute atomic E-state index is 3.09. The Kier molecular flexibility index (Phi) is 5.46. The molecule has 0 aromatic heterocycles. The van der Waals surface area contributed by atoms with E-state index in [1.165, 1.54) is 16.3 Å². The van der Waals surface area contributed by atoms with Crippen molar-refractivity contribution in [1.29, 1.82) is 0 Å². The molecule has 0 aliphatic heterocycles. The summed E-state index contributed by atoms with van der Waals surface area (Å²) < 4.78 is 0. The smallest absolute Gasteiger partial charge is 0.0251 e. The quantitative estimate of drug-likeness (QED) is 0.587. The Morgan fingerprint density at radius 2 is 1.50 bits per heavy atom. The van der Waals surface area contributed by atoms with Gasteiger partial charge in [-0.1, -0.05) is 57.9 Å². The standard InChI is InChI=1S/C16H16.C2H6/c1-4-5-13-6-7-16-11-14(12(2)3)8-9-15(16)10-13;1-2/h6-12H,1-3H3;1-2H3. The van der Waals surface area contributed by atoms with Gasteiger partial charge in [-0.15, -0.1) is 5.92 Å². The largest absolute Gasteiger partial charge is 0.101 e. The van der Waals surface area contributed by atoms with Crippen LogP contribution in [-0.4, -0.2) is 0 Å². The lowest BCUT2D eigenvalue weighted by Gasteiger charge is -2.07. The summed E-state index contributed by atoms with van der Waals surface area (Å²) in [6, 6.07) is 13.0. The van der Waals surface area contributed by atoms with E-state index in [4.69, 9.17) is 0 Å². The van der Waals surface area contributed by atoms with Crippen LogP contribution in [0.15, 0.2) is 36.4 Å². The average molecular weight is 238 g/mol. The molecule has 0 N–H and O–H groups in total. The number of rotatable bonds is 1. The van der Waals surface area contributed by atoms with Gasteiger partial charge in [0.15, 0.2) is 0 Å². The van der Waals surface area contributed by atoms with Crippen LogP contribution in [0, 0.1) is 11.8 Å². The molecule has 0 amide bonds. The molecule has 0 unspecified atom stereocenters. The number of hydrogen-bond acceptors (Lipinski definition) is 0. The van der Waals surface area contributed by atoms with E-state index in [9.17, 15) is 0 Å². The van der Waals surface area contributed by atoms with Crippen LogP contribution in [0.4, 0.5) is 0 Å². The average Bonchev–Trinajstić information content (AvgIpc) is 2.40. The Hall–Kier alpha value is -1.74. The van der Waals surface area contributed by atoms with Gasteiger partial charge in [-0.2, -0.15) is 0 Å². The van der Waals surface area contributed by atoms with E-state index in [0.717, 1.165) is 5.56 Å². The van der Waals surface area contributed by atoms with Crippen molar-refractivity contribution in [3.8, 4) is 11.8 Å². The summed E-state index contributed by atoms with van der Waals surface area (Å²) in [6.45, 7) is 10.3. The van der Waals surface area contributed by atoms with Crippen molar-refractivity contribution < 1.29 is 0 Å². The highest BCUT2D eigenvalue weighted by Gasteiger charge is 2.00. The van der Waals surface area contributed by atoms with Crippen LogP contribution in [0.25, 0.3) is 10.8 Å². The summed E-state index contributed by atoms with van der Waals surface area (Å²) in [5.74, 6) is 6.60. The summed E-state index contributed by atoms with van der Waals surface area (Å²) in [6.07, 6.45) is 0. The van der Waals surface area contributed by atoms with E-state index in [1.807, 2.05) is 20.8 Å². The van der Waals surface area contributed by atoms with E-state index in [1.54, 1.807) is 0 Å². The zero-order valence-corrected chi connectivity index (χ0v) is 12.0. The van der Waals surface area contributed by atoms with Gasteiger partial charge in [-0.3, -0.25) is 0 Å². The normalized spacial score (nSPS) is 9.44. The predicted octanol–water partition coefficient (Wildman–Crippen LogP) is 5.36. The first-order chi connectivity index (χ1) is 8.70. The molecule has 0 aliphatic rings. The summed E-state index contributed by atoms with van der Waals surface area (Å²) in [4.78, 5) is 0. The first-order valence-corrected chi connectivity index (χ1v) is 6.67. The van der Waals surface area contributed by atoms with Crippen LogP contribution in [0.3, 0.4) is 0 Å². The first-order valence-electron chi connectivity index (χ1n) is 6.67. The zero-order chi connectivity index (χ0) is 13.5. The Morgan fingerprint density at radius 1 is 0.889 bits per heavy atom. The van der Waals surface area contributed by atoms with Gasteiger partial charge in [0.05, 0.1) is 0 Å². The fraction of sp³-hybridized carbons (Fsp3) is 0.333. The van der Waals surface area contributed by atoms with Crippen molar-refractivity contribution in [3.63, 3.8) is 0 Å². The Morgan fingerprint density at radius 3 is 2.11 bits per heavy atom. The van der Waals surface area contributed by atoms with Gasteiger partial charge in [0.25, 0.3) is 0 Å². The summed E-state index contributed by atoms with van der Waals surface area (Å²) in [7, 11) is 0. The van der Waals surface area contributed by atoms with Crippen LogP contribution >= 0.6 is 0 Å². The Bertz CT molecular complexity index is 565. The molecule has 0 fully saturated rings. The molecule has 2 rings (SSSR count). The van der Waals surface area contributed by atoms with E-state index < -0.39 is 0 Å². The SMILES string of the molecule is CC.CC#Cc1ccc2cc(C(C)C)ccc2c1. The highest BCUT2D eigenvalue weighted by molar-refractivity contribution is 5.84. The summed E-state index contributed by atoms with van der Waals surface area (Å²) in [5.41, 5.74) is 2.48. The van der Waals surface area contributed by atoms with Crippen molar-refractivity contribution in [2.45, 2.75) is 40.5 Å². The minimum atomic E-state index is 0.583. The minimum absolute atomic E-state index is 0.583. The topological polar surface area (TPSA) is 0 Å². The molecule has 0 bridgehead atoms. The van der Waals surface area contributed by atoms with Gasteiger partial charge in [0.2, 0.25) is 0 Å². The van der Waals surface area contributed by atoms with Crippen LogP contribution in [0.5, 0.6) is 0 Å². The summed E-state index contributed by atoms with van der Waals surface area (Å²) >= 11 is 0. The van der Waals surface area contributed by atoms with Gasteiger partial charge in [-0.25, -0.2) is 0 Å². The van der Waals surface area contributed by atoms with Gasteiger partial charge >= 0.3 is 0 Å². The van der Waals surface area contributed by atoms with E-state index in [-0.39, 0.29) is 0 Å². The van der Waals surface area contributed by atoms with Crippen molar-refractivity contribution in [1.82, 2.24) is 0 Å². The Labute approximate surface area is 111 Å². The fourth-order valence-corrected chi connectivity index (χ4v) is 1.85. The van der Waals surface area contributed by atoms with Crippen molar-refractivity contribution >= 4 is 10.8 Å². The molecule has 0 saturated heterocycles. The lowest BCUT2D eigenvalue weighted by molar-refractivity contribution is 0.869. The van der Waals surface area contributed by atoms with E-state index in [0.29, 0.717) is 5.92 Å². The molecule has 0 spiro atoms. The highest BCUT2D eigenvalue weighted by atomic mass is 14.1. The van der Waals surface area contributed by atoms with Crippen LogP contribution < -0.4 is 0 Å². The first kappa shape index (κ1) is 14.3. The van der Waals surface area contributed by atoms with Crippen molar-refractivity contribution in [2.24, 2.45) is 0 Å². The third kappa shape index (κ3) is 3.37. The molecule has 0 heteroatoms. The van der Waals surface area contributed by atoms with Gasteiger partial charge in [0, 0.05) is 5.56 Å². The molecule has 0 heterocycles. The summed E-state index contributed by atoms with van der Waals surface area (Å²) in [5, 5.41) is 2.57. The van der Waals surface area contributed by atoms with Crippen LogP contribution in [-0.2, 0) is 0 Å². The predicted molar refractivity (Wildman–Crippen MR) is 81.9 cm³/mol. The second kappa shape index (κ2) is 6.87. The van der Waals surface area contributed by atoms with Crippen molar-refractivity contribution in [3.05, 3.63) is 47.5 Å². The molecule has 0 radical (unpaired) electrons. The van der Waals surface area contributed by atoms with E-state index >= 15 is 0 Å². The maximum atomic E-state index is 3.09. The minimum Gasteiger partial charge on any atom is -0.101 e. The molecule has 2 aromatic rings. The van der Waals surface area contributed by atoms with Gasteiger partial charge in [0.1, 0.15) is 0 Å². The molecule has 0 aliphatic carbocycles. The van der Waals surface area contributed by atoms with Crippen molar-refractivity contribution in [2.75, 3.05) is 0 Å². The highest BCUT2D eigenvalue weighted by Crippen LogP contribution is 2.22. The maximum Gasteiger partial charge on any atom is 0.0251 e. The Balaban J connectivity index is 0.000000771. The zero-order valence-electron chi connectivity index (χ0n) is 12.0.